The van der Waals surface area contributed by atoms with E-state index < -0.39 is 0 Å². The lowest BCUT2D eigenvalue weighted by Crippen LogP contribution is -1.99. The number of rotatable bonds is 4. The normalized spacial score (nSPS) is 10.3. The first kappa shape index (κ1) is 14.4. The molecule has 0 unspecified atom stereocenters. The number of carbonyl (C=O) groups is 1. The monoisotopic (exact) mass is 358 g/mol. The van der Waals surface area contributed by atoms with E-state index in [4.69, 9.17) is 27.9 Å². The summed E-state index contributed by atoms with van der Waals surface area (Å²) in [6.07, 6.45) is 0.750. The van der Waals surface area contributed by atoms with Crippen molar-refractivity contribution in [2.75, 3.05) is 0 Å². The average Bonchev–Trinajstić information content (AvgIpc) is 2.40. The van der Waals surface area contributed by atoms with Gasteiger partial charge in [-0.1, -0.05) is 39.1 Å². The molecule has 0 fully saturated rings. The van der Waals surface area contributed by atoms with Crippen LogP contribution >= 0.6 is 39.1 Å². The Kier molecular flexibility index (Phi) is 4.86. The zero-order chi connectivity index (χ0) is 13.8. The second-order valence-corrected chi connectivity index (χ2v) is 5.58. The molecule has 0 atom stereocenters. The first-order chi connectivity index (χ1) is 9.10. The SMILES string of the molecule is O=Cc1cc(Br)ccc1OCc1cc(Cl)ccc1Cl. The second-order valence-electron chi connectivity index (χ2n) is 3.82. The van der Waals surface area contributed by atoms with Gasteiger partial charge in [0.25, 0.3) is 0 Å². The van der Waals surface area contributed by atoms with Gasteiger partial charge in [0.05, 0.1) is 5.56 Å². The van der Waals surface area contributed by atoms with Gasteiger partial charge in [-0.2, -0.15) is 0 Å². The molecule has 0 saturated carbocycles. The van der Waals surface area contributed by atoms with Crippen molar-refractivity contribution >= 4 is 45.4 Å². The maximum absolute atomic E-state index is 11.0. The zero-order valence-corrected chi connectivity index (χ0v) is 12.8. The van der Waals surface area contributed by atoms with Crippen LogP contribution in [-0.2, 0) is 6.61 Å². The van der Waals surface area contributed by atoms with Crippen molar-refractivity contribution in [3.63, 3.8) is 0 Å². The molecular weight excluding hydrogens is 351 g/mol. The standard InChI is InChI=1S/C14H9BrCl2O2/c15-11-1-4-14(9(5-11)7-18)19-8-10-6-12(16)2-3-13(10)17/h1-7H,8H2. The third kappa shape index (κ3) is 3.72. The van der Waals surface area contributed by atoms with Crippen LogP contribution in [0.15, 0.2) is 40.9 Å². The Bertz CT molecular complexity index is 614. The molecule has 0 aliphatic rings. The van der Waals surface area contributed by atoms with E-state index >= 15 is 0 Å². The third-order valence-electron chi connectivity index (χ3n) is 2.49. The third-order valence-corrected chi connectivity index (χ3v) is 3.59. The summed E-state index contributed by atoms with van der Waals surface area (Å²) in [7, 11) is 0. The summed E-state index contributed by atoms with van der Waals surface area (Å²) in [5, 5.41) is 1.17. The van der Waals surface area contributed by atoms with Gasteiger partial charge in [-0.3, -0.25) is 4.79 Å². The smallest absolute Gasteiger partial charge is 0.153 e. The van der Waals surface area contributed by atoms with E-state index in [0.29, 0.717) is 21.4 Å². The quantitative estimate of drug-likeness (QED) is 0.706. The van der Waals surface area contributed by atoms with Crippen LogP contribution in [0.2, 0.25) is 10.0 Å². The fourth-order valence-corrected chi connectivity index (χ4v) is 2.30. The minimum absolute atomic E-state index is 0.252. The molecule has 19 heavy (non-hydrogen) atoms. The molecular formula is C14H9BrCl2O2. The number of benzene rings is 2. The van der Waals surface area contributed by atoms with E-state index in [2.05, 4.69) is 15.9 Å². The first-order valence-corrected chi connectivity index (χ1v) is 6.96. The molecule has 0 aromatic heterocycles. The van der Waals surface area contributed by atoms with Crippen LogP contribution in [0.3, 0.4) is 0 Å². The molecule has 0 N–H and O–H groups in total. The summed E-state index contributed by atoms with van der Waals surface area (Å²) in [5.74, 6) is 0.509. The highest BCUT2D eigenvalue weighted by atomic mass is 79.9. The molecule has 0 amide bonds. The number of hydrogen-bond acceptors (Lipinski definition) is 2. The molecule has 0 heterocycles. The highest BCUT2D eigenvalue weighted by Gasteiger charge is 2.06. The lowest BCUT2D eigenvalue weighted by molar-refractivity contribution is 0.111. The maximum Gasteiger partial charge on any atom is 0.153 e. The molecule has 2 aromatic carbocycles. The van der Waals surface area contributed by atoms with Gasteiger partial charge in [0, 0.05) is 20.1 Å². The largest absolute Gasteiger partial charge is 0.488 e. The van der Waals surface area contributed by atoms with Crippen molar-refractivity contribution in [1.29, 1.82) is 0 Å². The maximum atomic E-state index is 11.0. The van der Waals surface area contributed by atoms with Gasteiger partial charge >= 0.3 is 0 Å². The Labute approximate surface area is 129 Å². The van der Waals surface area contributed by atoms with E-state index in [1.807, 2.05) is 6.07 Å². The fourth-order valence-electron chi connectivity index (χ4n) is 1.55. The highest BCUT2D eigenvalue weighted by Crippen LogP contribution is 2.25. The Morgan fingerprint density at radius 3 is 2.68 bits per heavy atom. The van der Waals surface area contributed by atoms with Crippen molar-refractivity contribution in [1.82, 2.24) is 0 Å². The summed E-state index contributed by atoms with van der Waals surface area (Å²) in [6.45, 7) is 0.252. The lowest BCUT2D eigenvalue weighted by Gasteiger charge is -2.10. The van der Waals surface area contributed by atoms with Crippen LogP contribution in [0.1, 0.15) is 15.9 Å². The fraction of sp³-hybridized carbons (Fsp3) is 0.0714. The van der Waals surface area contributed by atoms with Crippen molar-refractivity contribution in [2.45, 2.75) is 6.61 Å². The molecule has 2 nitrogen and oxygen atoms in total. The van der Waals surface area contributed by atoms with Crippen molar-refractivity contribution in [3.8, 4) is 5.75 Å². The van der Waals surface area contributed by atoms with Gasteiger partial charge in [-0.05, 0) is 36.4 Å². The van der Waals surface area contributed by atoms with E-state index in [-0.39, 0.29) is 6.61 Å². The number of carbonyl (C=O) groups excluding carboxylic acids is 1. The first-order valence-electron chi connectivity index (χ1n) is 5.41. The van der Waals surface area contributed by atoms with Crippen molar-refractivity contribution < 1.29 is 9.53 Å². The molecule has 0 aliphatic carbocycles. The van der Waals surface area contributed by atoms with E-state index in [1.54, 1.807) is 30.3 Å². The minimum atomic E-state index is 0.252. The lowest BCUT2D eigenvalue weighted by atomic mass is 10.2. The van der Waals surface area contributed by atoms with Crippen LogP contribution in [0.25, 0.3) is 0 Å². The molecule has 0 bridgehead atoms. The Balaban J connectivity index is 2.18. The van der Waals surface area contributed by atoms with Gasteiger partial charge in [0.1, 0.15) is 12.4 Å². The number of aldehydes is 1. The molecule has 5 heteroatoms. The van der Waals surface area contributed by atoms with E-state index in [0.717, 1.165) is 16.3 Å². The van der Waals surface area contributed by atoms with Gasteiger partial charge in [0.2, 0.25) is 0 Å². The van der Waals surface area contributed by atoms with Gasteiger partial charge in [-0.25, -0.2) is 0 Å². The van der Waals surface area contributed by atoms with Crippen LogP contribution in [0, 0.1) is 0 Å². The van der Waals surface area contributed by atoms with Crippen molar-refractivity contribution in [2.24, 2.45) is 0 Å². The average molecular weight is 360 g/mol. The van der Waals surface area contributed by atoms with Gasteiger partial charge in [0.15, 0.2) is 6.29 Å². The predicted molar refractivity (Wildman–Crippen MR) is 80.3 cm³/mol. The topological polar surface area (TPSA) is 26.3 Å². The summed E-state index contributed by atoms with van der Waals surface area (Å²) in [4.78, 5) is 11.0. The Morgan fingerprint density at radius 2 is 1.95 bits per heavy atom. The summed E-state index contributed by atoms with van der Waals surface area (Å²) in [5.41, 5.74) is 1.25. The molecule has 2 rings (SSSR count). The summed E-state index contributed by atoms with van der Waals surface area (Å²) < 4.78 is 6.43. The predicted octanol–water partition coefficient (Wildman–Crippen LogP) is 5.15. The molecule has 0 radical (unpaired) electrons. The highest BCUT2D eigenvalue weighted by molar-refractivity contribution is 9.10. The number of halogens is 3. The molecule has 2 aromatic rings. The van der Waals surface area contributed by atoms with E-state index in [9.17, 15) is 4.79 Å². The summed E-state index contributed by atoms with van der Waals surface area (Å²) in [6, 6.07) is 10.4. The van der Waals surface area contributed by atoms with Gasteiger partial charge in [-0.15, -0.1) is 0 Å². The Morgan fingerprint density at radius 1 is 1.16 bits per heavy atom. The van der Waals surface area contributed by atoms with E-state index in [1.165, 1.54) is 0 Å². The minimum Gasteiger partial charge on any atom is -0.488 e. The molecule has 0 spiro atoms. The zero-order valence-electron chi connectivity index (χ0n) is 9.70. The van der Waals surface area contributed by atoms with Crippen LogP contribution in [0.5, 0.6) is 5.75 Å². The van der Waals surface area contributed by atoms with Gasteiger partial charge < -0.3 is 4.74 Å². The Hall–Kier alpha value is -1.03. The summed E-state index contributed by atoms with van der Waals surface area (Å²) >= 11 is 15.2. The number of hydrogen-bond donors (Lipinski definition) is 0. The molecule has 98 valence electrons. The molecule has 0 saturated heterocycles. The van der Waals surface area contributed by atoms with Crippen molar-refractivity contribution in [3.05, 3.63) is 62.0 Å². The van der Waals surface area contributed by atoms with Crippen LogP contribution in [-0.4, -0.2) is 6.29 Å². The second kappa shape index (κ2) is 6.42. The number of ether oxygens (including phenoxy) is 1. The van der Waals surface area contributed by atoms with Crippen LogP contribution < -0.4 is 4.74 Å². The molecule has 0 aliphatic heterocycles. The van der Waals surface area contributed by atoms with Crippen LogP contribution in [0.4, 0.5) is 0 Å².